The monoisotopic (exact) mass is 513 g/mol. The predicted molar refractivity (Wildman–Crippen MR) is 151 cm³/mol. The number of hydrogen-bond donors (Lipinski definition) is 4. The first-order chi connectivity index (χ1) is 17.2. The second kappa shape index (κ2) is 12.0. The highest BCUT2D eigenvalue weighted by molar-refractivity contribution is 8.00. The first-order valence-electron chi connectivity index (χ1n) is 12.9. The fraction of sp³-hybridized carbons (Fsp3) is 0.593. The van der Waals surface area contributed by atoms with Gasteiger partial charge in [0.1, 0.15) is 17.5 Å². The van der Waals surface area contributed by atoms with Crippen LogP contribution in [0.2, 0.25) is 0 Å². The zero-order valence-electron chi connectivity index (χ0n) is 22.6. The minimum atomic E-state index is -0.0328. The Labute approximate surface area is 220 Å². The van der Waals surface area contributed by atoms with E-state index in [1.165, 1.54) is 16.7 Å². The maximum Gasteiger partial charge on any atom is 0.123 e. The quantitative estimate of drug-likeness (QED) is 0.413. The van der Waals surface area contributed by atoms with E-state index < -0.39 is 0 Å². The zero-order chi connectivity index (χ0) is 25.8. The van der Waals surface area contributed by atoms with Crippen molar-refractivity contribution in [1.29, 1.82) is 0 Å². The summed E-state index contributed by atoms with van der Waals surface area (Å²) in [6.45, 7) is 9.94. The molecular formula is C27H43N7OS. The topological polar surface area (TPSA) is 90.2 Å². The van der Waals surface area contributed by atoms with Crippen LogP contribution in [0.25, 0.3) is 0 Å². The molecule has 0 aromatic heterocycles. The molecule has 5 N–H and O–H groups in total. The highest BCUT2D eigenvalue weighted by Gasteiger charge is 2.34. The molecular weight excluding hydrogens is 470 g/mol. The third-order valence-corrected chi connectivity index (χ3v) is 7.82. The summed E-state index contributed by atoms with van der Waals surface area (Å²) in [5.74, 6) is 2.33. The molecule has 3 heterocycles. The van der Waals surface area contributed by atoms with E-state index in [1.807, 2.05) is 7.05 Å². The van der Waals surface area contributed by atoms with Crippen LogP contribution < -0.4 is 21.7 Å². The summed E-state index contributed by atoms with van der Waals surface area (Å²) in [6.07, 6.45) is 10.0. The third kappa shape index (κ3) is 6.44. The highest BCUT2D eigenvalue weighted by Crippen LogP contribution is 2.32. The summed E-state index contributed by atoms with van der Waals surface area (Å²) in [5.41, 5.74) is 13.4. The second-order valence-electron chi connectivity index (χ2n) is 10.4. The zero-order valence-corrected chi connectivity index (χ0v) is 23.4. The molecule has 198 valence electrons. The maximum absolute atomic E-state index is 6.36. The van der Waals surface area contributed by atoms with Gasteiger partial charge in [-0.25, -0.2) is 4.99 Å². The van der Waals surface area contributed by atoms with Crippen LogP contribution in [0.3, 0.4) is 0 Å². The van der Waals surface area contributed by atoms with Gasteiger partial charge in [-0.1, -0.05) is 26.0 Å². The predicted octanol–water partition coefficient (Wildman–Crippen LogP) is 2.33. The first-order valence-corrected chi connectivity index (χ1v) is 14.0. The Kier molecular flexibility index (Phi) is 9.00. The number of thioether (sulfide) groups is 1. The van der Waals surface area contributed by atoms with Gasteiger partial charge in [-0.2, -0.15) is 0 Å². The van der Waals surface area contributed by atoms with Gasteiger partial charge in [0, 0.05) is 43.5 Å². The lowest BCUT2D eigenvalue weighted by Crippen LogP contribution is -2.54. The van der Waals surface area contributed by atoms with Gasteiger partial charge < -0.3 is 31.3 Å². The summed E-state index contributed by atoms with van der Waals surface area (Å²) in [7, 11) is 6.11. The van der Waals surface area contributed by atoms with Crippen LogP contribution in [0.15, 0.2) is 63.1 Å². The fourth-order valence-electron chi connectivity index (χ4n) is 5.32. The Morgan fingerprint density at radius 2 is 2.19 bits per heavy atom. The molecule has 0 spiro atoms. The molecule has 4 aliphatic rings. The SMILES string of the molecule is CN/C=C(\C=C1/CSC(N)N1)C1=CCC2OCCN(C3NC(CN(C)C)=NC(C)=C3C(C)C)CC2=C1. The Hall–Kier alpha value is -2.04. The molecule has 36 heavy (non-hydrogen) atoms. The average Bonchev–Trinajstić information content (AvgIpc) is 3.09. The van der Waals surface area contributed by atoms with E-state index in [4.69, 9.17) is 15.5 Å². The van der Waals surface area contributed by atoms with Gasteiger partial charge in [0.25, 0.3) is 0 Å². The fourth-order valence-corrected chi connectivity index (χ4v) is 6.08. The van der Waals surface area contributed by atoms with E-state index in [0.29, 0.717) is 5.92 Å². The van der Waals surface area contributed by atoms with Crippen LogP contribution in [-0.4, -0.2) is 86.5 Å². The number of rotatable bonds is 7. The van der Waals surface area contributed by atoms with Gasteiger partial charge in [-0.15, -0.1) is 11.8 Å². The number of allylic oxidation sites excluding steroid dienone is 5. The number of fused-ring (bicyclic) bond motifs is 1. The number of aliphatic imine (C=N–C) groups is 1. The molecule has 9 heteroatoms. The minimum Gasteiger partial charge on any atom is -0.393 e. The lowest BCUT2D eigenvalue weighted by molar-refractivity contribution is 0.0785. The lowest BCUT2D eigenvalue weighted by atomic mass is 9.91. The van der Waals surface area contributed by atoms with Gasteiger partial charge in [-0.05, 0) is 61.7 Å². The average molecular weight is 514 g/mol. The van der Waals surface area contributed by atoms with Crippen LogP contribution in [0.5, 0.6) is 0 Å². The molecule has 0 radical (unpaired) electrons. The van der Waals surface area contributed by atoms with Crippen molar-refractivity contribution in [2.24, 2.45) is 16.6 Å². The molecule has 0 amide bonds. The van der Waals surface area contributed by atoms with Crippen LogP contribution in [0.4, 0.5) is 0 Å². The van der Waals surface area contributed by atoms with Crippen LogP contribution in [0.1, 0.15) is 27.2 Å². The molecule has 1 aliphatic carbocycles. The van der Waals surface area contributed by atoms with Crippen molar-refractivity contribution in [2.45, 2.75) is 45.0 Å². The molecule has 2 saturated heterocycles. The second-order valence-corrected chi connectivity index (χ2v) is 11.5. The van der Waals surface area contributed by atoms with Gasteiger partial charge in [0.2, 0.25) is 0 Å². The van der Waals surface area contributed by atoms with Crippen molar-refractivity contribution in [2.75, 3.05) is 53.1 Å². The normalized spacial score (nSPS) is 28.9. The molecule has 0 aromatic carbocycles. The number of amidine groups is 1. The summed E-state index contributed by atoms with van der Waals surface area (Å²) in [6, 6.07) is 0. The van der Waals surface area contributed by atoms with E-state index in [2.05, 4.69) is 85.0 Å². The van der Waals surface area contributed by atoms with Gasteiger partial charge >= 0.3 is 0 Å². The Morgan fingerprint density at radius 3 is 2.86 bits per heavy atom. The number of nitrogens with two attached hydrogens (primary N) is 1. The number of hydrogen-bond acceptors (Lipinski definition) is 9. The standard InChI is InChI=1S/C27H43N7OS/c1-17(2)25-18(3)30-24(15-33(5)6)32-26(25)34-9-10-35-23-8-7-19(11-21(23)14-34)20(13-29-4)12-22-16-36-27(28)31-22/h7,11-13,17,23,26-27,29,31H,8-10,14-16,28H2,1-6H3,(H,30,32)/b20-13+,22-12+. The van der Waals surface area contributed by atoms with Crippen molar-refractivity contribution in [3.8, 4) is 0 Å². The summed E-state index contributed by atoms with van der Waals surface area (Å²) >= 11 is 1.72. The van der Waals surface area contributed by atoms with E-state index >= 15 is 0 Å². The lowest BCUT2D eigenvalue weighted by Gasteiger charge is -2.39. The summed E-state index contributed by atoms with van der Waals surface area (Å²) in [4.78, 5) is 9.60. The Bertz CT molecular complexity index is 1010. The number of nitrogens with zero attached hydrogens (tertiary/aromatic N) is 3. The molecule has 3 aliphatic heterocycles. The Morgan fingerprint density at radius 1 is 1.39 bits per heavy atom. The molecule has 4 rings (SSSR count). The summed E-state index contributed by atoms with van der Waals surface area (Å²) in [5, 5.41) is 10.4. The molecule has 0 saturated carbocycles. The van der Waals surface area contributed by atoms with E-state index in [-0.39, 0.29) is 17.8 Å². The first kappa shape index (κ1) is 27.0. The van der Waals surface area contributed by atoms with Crippen molar-refractivity contribution in [3.63, 3.8) is 0 Å². The molecule has 2 fully saturated rings. The van der Waals surface area contributed by atoms with Crippen molar-refractivity contribution in [1.82, 2.24) is 25.8 Å². The van der Waals surface area contributed by atoms with Gasteiger partial charge in [0.05, 0.1) is 19.3 Å². The van der Waals surface area contributed by atoms with Crippen LogP contribution in [0, 0.1) is 5.92 Å². The summed E-state index contributed by atoms with van der Waals surface area (Å²) < 4.78 is 6.36. The number of nitrogens with one attached hydrogen (secondary N) is 3. The smallest absolute Gasteiger partial charge is 0.123 e. The van der Waals surface area contributed by atoms with E-state index in [1.54, 1.807) is 11.8 Å². The highest BCUT2D eigenvalue weighted by atomic mass is 32.2. The van der Waals surface area contributed by atoms with Gasteiger partial charge in [-0.3, -0.25) is 4.90 Å². The van der Waals surface area contributed by atoms with Crippen LogP contribution in [-0.2, 0) is 4.74 Å². The molecule has 3 unspecified atom stereocenters. The number of likely N-dealkylation sites (N-methyl/N-ethyl adjacent to an activating group) is 1. The van der Waals surface area contributed by atoms with Crippen molar-refractivity contribution < 1.29 is 4.74 Å². The van der Waals surface area contributed by atoms with E-state index in [0.717, 1.165) is 61.2 Å². The van der Waals surface area contributed by atoms with Crippen molar-refractivity contribution in [3.05, 3.63) is 58.1 Å². The third-order valence-electron chi connectivity index (χ3n) is 6.87. The van der Waals surface area contributed by atoms with Crippen molar-refractivity contribution >= 4 is 17.6 Å². The Balaban J connectivity index is 1.59. The molecule has 8 nitrogen and oxygen atoms in total. The largest absolute Gasteiger partial charge is 0.393 e. The molecule has 0 aromatic rings. The van der Waals surface area contributed by atoms with Gasteiger partial charge in [0.15, 0.2) is 0 Å². The molecule has 3 atom stereocenters. The minimum absolute atomic E-state index is 0.0328. The maximum atomic E-state index is 6.36. The number of ether oxygens (including phenoxy) is 1. The van der Waals surface area contributed by atoms with Crippen LogP contribution >= 0.6 is 11.8 Å². The molecule has 0 bridgehead atoms. The van der Waals surface area contributed by atoms with E-state index in [9.17, 15) is 0 Å².